The lowest BCUT2D eigenvalue weighted by Crippen LogP contribution is -2.06. The fraction of sp³-hybridized carbons (Fsp3) is 0.160. The van der Waals surface area contributed by atoms with Crippen LogP contribution in [0.2, 0.25) is 0 Å². The van der Waals surface area contributed by atoms with E-state index in [9.17, 15) is 22.4 Å². The summed E-state index contributed by atoms with van der Waals surface area (Å²) in [4.78, 5) is 38.0. The molecule has 0 aliphatic rings. The summed E-state index contributed by atoms with van der Waals surface area (Å²) < 4.78 is 56.5. The van der Waals surface area contributed by atoms with Crippen molar-refractivity contribution in [3.63, 3.8) is 0 Å². The molecule has 4 aromatic heterocycles. The lowest BCUT2D eigenvalue weighted by Gasteiger charge is -2.14. The van der Waals surface area contributed by atoms with Crippen molar-refractivity contribution >= 4 is 29.4 Å². The Hall–Kier alpha value is -4.26. The highest BCUT2D eigenvalue weighted by Gasteiger charge is 2.22. The van der Waals surface area contributed by atoms with E-state index in [0.717, 1.165) is 12.4 Å². The third kappa shape index (κ3) is 5.99. The summed E-state index contributed by atoms with van der Waals surface area (Å²) in [7, 11) is 0. The normalized spacial score (nSPS) is 11.2. The van der Waals surface area contributed by atoms with Crippen LogP contribution in [0.5, 0.6) is 5.75 Å². The molecule has 0 spiro atoms. The Morgan fingerprint density at radius 2 is 1.63 bits per heavy atom. The molecule has 0 aliphatic heterocycles. The topological polar surface area (TPSA) is 103 Å². The highest BCUT2D eigenvalue weighted by atomic mass is 32.2. The highest BCUT2D eigenvalue weighted by Crippen LogP contribution is 2.37. The Labute approximate surface area is 218 Å². The van der Waals surface area contributed by atoms with Gasteiger partial charge in [0.2, 0.25) is 5.12 Å². The molecule has 4 aromatic rings. The molecular weight excluding hydrogens is 524 g/mol. The zero-order chi connectivity index (χ0) is 27.4. The van der Waals surface area contributed by atoms with Crippen molar-refractivity contribution in [2.24, 2.45) is 4.99 Å². The lowest BCUT2D eigenvalue weighted by atomic mass is 10.0. The average Bonchev–Trinajstić information content (AvgIpc) is 2.89. The summed E-state index contributed by atoms with van der Waals surface area (Å²) >= 11 is 0.665. The molecule has 0 N–H and O–H groups in total. The predicted octanol–water partition coefficient (Wildman–Crippen LogP) is 6.42. The minimum atomic E-state index is -3.10. The van der Waals surface area contributed by atoms with Crippen molar-refractivity contribution in [3.05, 3.63) is 71.6 Å². The van der Waals surface area contributed by atoms with Crippen LogP contribution >= 0.6 is 11.8 Å². The van der Waals surface area contributed by atoms with Crippen molar-refractivity contribution < 1.29 is 27.1 Å². The number of thioether (sulfide) groups is 1. The Morgan fingerprint density at radius 3 is 2.26 bits per heavy atom. The van der Waals surface area contributed by atoms with Crippen LogP contribution in [-0.2, 0) is 0 Å². The van der Waals surface area contributed by atoms with Crippen LogP contribution in [0, 0.1) is 13.8 Å². The van der Waals surface area contributed by atoms with Crippen molar-refractivity contribution in [2.45, 2.75) is 31.9 Å². The number of ether oxygens (including phenoxy) is 1. The molecule has 0 aliphatic carbocycles. The Kier molecular flexibility index (Phi) is 8.05. The summed E-state index contributed by atoms with van der Waals surface area (Å²) in [6.45, 7) is 3.71. The maximum atomic E-state index is 13.5. The SMILES string of the molecule is C=Nc1ncc(-c2ccc(C(F)F)cn2)nc1SC(=O)c1cnc(C)cc1-c1cc(C)ncc1OC(F)F. The molecule has 0 amide bonds. The van der Waals surface area contributed by atoms with E-state index < -0.39 is 18.2 Å². The minimum Gasteiger partial charge on any atom is -0.433 e. The van der Waals surface area contributed by atoms with E-state index in [1.54, 1.807) is 19.9 Å². The molecule has 0 saturated heterocycles. The summed E-state index contributed by atoms with van der Waals surface area (Å²) in [5.74, 6) is -0.150. The predicted molar refractivity (Wildman–Crippen MR) is 133 cm³/mol. The van der Waals surface area contributed by atoms with Crippen LogP contribution in [0.4, 0.5) is 23.4 Å². The highest BCUT2D eigenvalue weighted by molar-refractivity contribution is 8.14. The summed E-state index contributed by atoms with van der Waals surface area (Å²) in [6.07, 6.45) is 2.17. The number of pyridine rings is 3. The first-order chi connectivity index (χ1) is 18.2. The average molecular weight is 543 g/mol. The van der Waals surface area contributed by atoms with E-state index in [4.69, 9.17) is 0 Å². The molecular formula is C25H18F4N6O2S. The standard InChI is InChI=1S/C25H18F4N6O2S/c1-12-6-15(16-7-13(2)32-11-20(16)37-25(28)29)17(9-31-12)24(36)38-23-22(30-3)34-10-19(35-23)18-5-4-14(8-33-18)21(26)27/h4-11,21,25H,3H2,1-2H3. The van der Waals surface area contributed by atoms with Gasteiger partial charge >= 0.3 is 6.61 Å². The molecule has 0 bridgehead atoms. The molecule has 4 heterocycles. The van der Waals surface area contributed by atoms with Gasteiger partial charge in [-0.1, -0.05) is 0 Å². The fourth-order valence-corrected chi connectivity index (χ4v) is 4.19. The lowest BCUT2D eigenvalue weighted by molar-refractivity contribution is -0.0496. The van der Waals surface area contributed by atoms with Crippen LogP contribution in [0.15, 0.2) is 59.1 Å². The van der Waals surface area contributed by atoms with Gasteiger partial charge in [-0.05, 0) is 56.6 Å². The molecule has 0 radical (unpaired) electrons. The second-order valence-electron chi connectivity index (χ2n) is 7.78. The number of hydrogen-bond donors (Lipinski definition) is 0. The Morgan fingerprint density at radius 1 is 0.921 bits per heavy atom. The van der Waals surface area contributed by atoms with Crippen molar-refractivity contribution in [1.29, 1.82) is 0 Å². The second-order valence-corrected chi connectivity index (χ2v) is 8.74. The van der Waals surface area contributed by atoms with Crippen molar-refractivity contribution in [2.75, 3.05) is 0 Å². The molecule has 8 nitrogen and oxygen atoms in total. The maximum Gasteiger partial charge on any atom is 0.387 e. The second kappa shape index (κ2) is 11.4. The Balaban J connectivity index is 1.73. The summed E-state index contributed by atoms with van der Waals surface area (Å²) in [5.41, 5.74) is 1.90. The van der Waals surface area contributed by atoms with Gasteiger partial charge < -0.3 is 4.74 Å². The molecule has 0 saturated carbocycles. The number of carbonyl (C=O) groups excluding carboxylic acids is 1. The molecule has 38 heavy (non-hydrogen) atoms. The van der Waals surface area contributed by atoms with Crippen molar-refractivity contribution in [1.82, 2.24) is 24.9 Å². The van der Waals surface area contributed by atoms with E-state index >= 15 is 0 Å². The van der Waals surface area contributed by atoms with Crippen LogP contribution < -0.4 is 4.74 Å². The molecule has 4 rings (SSSR count). The quantitative estimate of drug-likeness (QED) is 0.143. The first-order valence-corrected chi connectivity index (χ1v) is 11.7. The van der Waals surface area contributed by atoms with Crippen LogP contribution in [0.3, 0.4) is 0 Å². The largest absolute Gasteiger partial charge is 0.433 e. The van der Waals surface area contributed by atoms with Gasteiger partial charge in [-0.2, -0.15) is 8.78 Å². The maximum absolute atomic E-state index is 13.5. The van der Waals surface area contributed by atoms with Crippen LogP contribution in [0.1, 0.15) is 33.7 Å². The van der Waals surface area contributed by atoms with E-state index in [0.29, 0.717) is 28.7 Å². The van der Waals surface area contributed by atoms with Gasteiger partial charge in [0.05, 0.1) is 23.7 Å². The first-order valence-electron chi connectivity index (χ1n) is 10.8. The van der Waals surface area contributed by atoms with Gasteiger partial charge in [-0.3, -0.25) is 19.7 Å². The van der Waals surface area contributed by atoms with E-state index in [1.165, 1.54) is 30.6 Å². The zero-order valence-electron chi connectivity index (χ0n) is 19.9. The monoisotopic (exact) mass is 542 g/mol. The minimum absolute atomic E-state index is 0.0550. The van der Waals surface area contributed by atoms with Crippen LogP contribution in [-0.4, -0.2) is 43.4 Å². The van der Waals surface area contributed by atoms with Gasteiger partial charge in [0.15, 0.2) is 11.6 Å². The number of rotatable bonds is 8. The van der Waals surface area contributed by atoms with E-state index in [2.05, 4.69) is 41.4 Å². The number of aryl methyl sites for hydroxylation is 2. The number of alkyl halides is 4. The van der Waals surface area contributed by atoms with Gasteiger partial charge in [0.25, 0.3) is 6.43 Å². The summed E-state index contributed by atoms with van der Waals surface area (Å²) in [6, 6.07) is 5.68. The third-order valence-electron chi connectivity index (χ3n) is 5.13. The Bertz CT molecular complexity index is 1500. The molecule has 13 heteroatoms. The van der Waals surface area contributed by atoms with Crippen LogP contribution in [0.25, 0.3) is 22.5 Å². The zero-order valence-corrected chi connectivity index (χ0v) is 20.7. The number of nitrogens with zero attached hydrogens (tertiary/aromatic N) is 6. The number of halogens is 4. The van der Waals surface area contributed by atoms with E-state index in [1.807, 2.05) is 0 Å². The third-order valence-corrected chi connectivity index (χ3v) is 6.01. The fourth-order valence-electron chi connectivity index (χ4n) is 3.39. The molecule has 194 valence electrons. The smallest absolute Gasteiger partial charge is 0.387 e. The molecule has 0 fully saturated rings. The van der Waals surface area contributed by atoms with Crippen molar-refractivity contribution in [3.8, 4) is 28.3 Å². The first kappa shape index (κ1) is 26.8. The number of aliphatic imine (C=N–C) groups is 1. The molecule has 0 atom stereocenters. The number of hydrogen-bond acceptors (Lipinski definition) is 9. The summed E-state index contributed by atoms with van der Waals surface area (Å²) in [5, 5.41) is -0.467. The molecule has 0 aromatic carbocycles. The van der Waals surface area contributed by atoms with Gasteiger partial charge in [0, 0.05) is 40.5 Å². The number of carbonyl (C=O) groups is 1. The van der Waals surface area contributed by atoms with Gasteiger partial charge in [0.1, 0.15) is 10.7 Å². The van der Waals surface area contributed by atoms with E-state index in [-0.39, 0.29) is 44.7 Å². The number of aromatic nitrogens is 5. The van der Waals surface area contributed by atoms with Gasteiger partial charge in [-0.25, -0.2) is 23.7 Å². The van der Waals surface area contributed by atoms with Gasteiger partial charge in [-0.15, -0.1) is 0 Å². The molecule has 0 unspecified atom stereocenters.